The van der Waals surface area contributed by atoms with Crippen molar-refractivity contribution in [2.24, 2.45) is 0 Å². The van der Waals surface area contributed by atoms with Crippen molar-refractivity contribution < 1.29 is 0 Å². The van der Waals surface area contributed by atoms with Gasteiger partial charge in [0, 0.05) is 65.3 Å². The quantitative estimate of drug-likeness (QED) is 0.847. The summed E-state index contributed by atoms with van der Waals surface area (Å²) in [6.07, 6.45) is 5.36. The largest absolute Gasteiger partial charge is 0.363 e. The number of hydrogen-bond donors (Lipinski definition) is 0. The second-order valence-electron chi connectivity index (χ2n) is 5.75. The normalized spacial score (nSPS) is 15.8. The predicted octanol–water partition coefficient (Wildman–Crippen LogP) is 1.26. The van der Waals surface area contributed by atoms with E-state index in [0.717, 1.165) is 44.4 Å². The van der Waals surface area contributed by atoms with Crippen molar-refractivity contribution in [1.29, 1.82) is 0 Å². The fourth-order valence-corrected chi connectivity index (χ4v) is 2.64. The first kappa shape index (κ1) is 14.7. The van der Waals surface area contributed by atoms with E-state index in [1.165, 1.54) is 5.56 Å². The zero-order chi connectivity index (χ0) is 15.4. The van der Waals surface area contributed by atoms with Gasteiger partial charge in [-0.2, -0.15) is 0 Å². The van der Waals surface area contributed by atoms with Crippen LogP contribution in [0.4, 0.5) is 11.6 Å². The standard InChI is InChI=1S/C16H22N6/c1-20(2)15-11-16(19-13-18-15)22-9-7-21(8-10-22)12-14-3-5-17-6-4-14/h3-6,11,13H,7-10,12H2,1-2H3. The molecule has 0 N–H and O–H groups in total. The first-order valence-electron chi connectivity index (χ1n) is 7.58. The molecule has 0 radical (unpaired) electrons. The number of piperazine rings is 1. The van der Waals surface area contributed by atoms with Crippen molar-refractivity contribution in [3.05, 3.63) is 42.5 Å². The van der Waals surface area contributed by atoms with Gasteiger partial charge in [-0.15, -0.1) is 0 Å². The Hall–Kier alpha value is -2.21. The van der Waals surface area contributed by atoms with Gasteiger partial charge in [0.15, 0.2) is 0 Å². The summed E-state index contributed by atoms with van der Waals surface area (Å²) in [6.45, 7) is 5.07. The molecule has 3 heterocycles. The van der Waals surface area contributed by atoms with E-state index in [9.17, 15) is 0 Å². The number of pyridine rings is 1. The minimum Gasteiger partial charge on any atom is -0.363 e. The lowest BCUT2D eigenvalue weighted by Crippen LogP contribution is -2.46. The number of anilines is 2. The molecule has 0 spiro atoms. The van der Waals surface area contributed by atoms with E-state index in [1.54, 1.807) is 6.33 Å². The van der Waals surface area contributed by atoms with Crippen LogP contribution in [0.3, 0.4) is 0 Å². The molecule has 1 fully saturated rings. The lowest BCUT2D eigenvalue weighted by Gasteiger charge is -2.35. The van der Waals surface area contributed by atoms with E-state index in [-0.39, 0.29) is 0 Å². The molecule has 6 heteroatoms. The summed E-state index contributed by atoms with van der Waals surface area (Å²) < 4.78 is 0. The fourth-order valence-electron chi connectivity index (χ4n) is 2.64. The molecule has 1 aliphatic heterocycles. The Labute approximate surface area is 131 Å². The summed E-state index contributed by atoms with van der Waals surface area (Å²) in [5.74, 6) is 1.96. The van der Waals surface area contributed by atoms with Crippen LogP contribution in [0.5, 0.6) is 0 Å². The van der Waals surface area contributed by atoms with Gasteiger partial charge in [-0.3, -0.25) is 9.88 Å². The second-order valence-corrected chi connectivity index (χ2v) is 5.75. The smallest absolute Gasteiger partial charge is 0.134 e. The number of aromatic nitrogens is 3. The Morgan fingerprint density at radius 1 is 1.05 bits per heavy atom. The predicted molar refractivity (Wildman–Crippen MR) is 88.1 cm³/mol. The maximum Gasteiger partial charge on any atom is 0.134 e. The van der Waals surface area contributed by atoms with Crippen molar-refractivity contribution in [3.63, 3.8) is 0 Å². The van der Waals surface area contributed by atoms with Crippen LogP contribution in [0.25, 0.3) is 0 Å². The number of hydrogen-bond acceptors (Lipinski definition) is 6. The zero-order valence-electron chi connectivity index (χ0n) is 13.2. The fraction of sp³-hybridized carbons (Fsp3) is 0.438. The van der Waals surface area contributed by atoms with E-state index in [4.69, 9.17) is 0 Å². The third kappa shape index (κ3) is 3.51. The van der Waals surface area contributed by atoms with Crippen LogP contribution in [-0.4, -0.2) is 60.1 Å². The molecule has 2 aromatic heterocycles. The Balaban J connectivity index is 1.58. The van der Waals surface area contributed by atoms with E-state index in [1.807, 2.05) is 31.4 Å². The van der Waals surface area contributed by atoms with Crippen LogP contribution >= 0.6 is 0 Å². The Morgan fingerprint density at radius 2 is 1.77 bits per heavy atom. The van der Waals surface area contributed by atoms with E-state index in [2.05, 4.69) is 43.0 Å². The van der Waals surface area contributed by atoms with Gasteiger partial charge in [0.25, 0.3) is 0 Å². The first-order valence-corrected chi connectivity index (χ1v) is 7.58. The van der Waals surface area contributed by atoms with Crippen LogP contribution in [-0.2, 0) is 6.54 Å². The molecule has 1 aliphatic rings. The number of rotatable bonds is 4. The zero-order valence-corrected chi connectivity index (χ0v) is 13.2. The average molecular weight is 298 g/mol. The lowest BCUT2D eigenvalue weighted by molar-refractivity contribution is 0.249. The van der Waals surface area contributed by atoms with E-state index >= 15 is 0 Å². The van der Waals surface area contributed by atoms with Gasteiger partial charge in [-0.05, 0) is 17.7 Å². The van der Waals surface area contributed by atoms with E-state index in [0.29, 0.717) is 0 Å². The van der Waals surface area contributed by atoms with Crippen LogP contribution in [0.15, 0.2) is 36.9 Å². The van der Waals surface area contributed by atoms with Crippen molar-refractivity contribution in [2.45, 2.75) is 6.54 Å². The van der Waals surface area contributed by atoms with Gasteiger partial charge in [-0.1, -0.05) is 0 Å². The maximum atomic E-state index is 4.42. The highest BCUT2D eigenvalue weighted by Gasteiger charge is 2.18. The van der Waals surface area contributed by atoms with Crippen molar-refractivity contribution in [1.82, 2.24) is 19.9 Å². The summed E-state index contributed by atoms with van der Waals surface area (Å²) >= 11 is 0. The Bertz CT molecular complexity index is 593. The third-order valence-corrected chi connectivity index (χ3v) is 3.95. The lowest BCUT2D eigenvalue weighted by atomic mass is 10.2. The topological polar surface area (TPSA) is 48.4 Å². The molecule has 0 aromatic carbocycles. The van der Waals surface area contributed by atoms with Gasteiger partial charge < -0.3 is 9.80 Å². The monoisotopic (exact) mass is 298 g/mol. The second kappa shape index (κ2) is 6.70. The molecule has 0 aliphatic carbocycles. The molecule has 2 aromatic rings. The summed E-state index contributed by atoms with van der Waals surface area (Å²) in [5, 5.41) is 0. The highest BCUT2D eigenvalue weighted by molar-refractivity contribution is 5.49. The van der Waals surface area contributed by atoms with Crippen molar-refractivity contribution >= 4 is 11.6 Å². The number of nitrogens with zero attached hydrogens (tertiary/aromatic N) is 6. The SMILES string of the molecule is CN(C)c1cc(N2CCN(Cc3ccncc3)CC2)ncn1. The first-order chi connectivity index (χ1) is 10.7. The van der Waals surface area contributed by atoms with Crippen LogP contribution in [0.1, 0.15) is 5.56 Å². The molecular formula is C16H22N6. The molecule has 0 bridgehead atoms. The van der Waals surface area contributed by atoms with Gasteiger partial charge in [0.05, 0.1) is 0 Å². The summed E-state index contributed by atoms with van der Waals surface area (Å²) in [7, 11) is 4.00. The minimum atomic E-state index is 0.948. The van der Waals surface area contributed by atoms with Crippen LogP contribution < -0.4 is 9.80 Å². The molecule has 1 saturated heterocycles. The minimum absolute atomic E-state index is 0.948. The molecule has 22 heavy (non-hydrogen) atoms. The molecule has 116 valence electrons. The van der Waals surface area contributed by atoms with Gasteiger partial charge in [0.1, 0.15) is 18.0 Å². The highest BCUT2D eigenvalue weighted by Crippen LogP contribution is 2.18. The Morgan fingerprint density at radius 3 is 2.45 bits per heavy atom. The third-order valence-electron chi connectivity index (χ3n) is 3.95. The highest BCUT2D eigenvalue weighted by atomic mass is 15.3. The molecule has 3 rings (SSSR count). The van der Waals surface area contributed by atoms with Crippen LogP contribution in [0.2, 0.25) is 0 Å². The van der Waals surface area contributed by atoms with Gasteiger partial charge in [-0.25, -0.2) is 9.97 Å². The molecular weight excluding hydrogens is 276 g/mol. The molecule has 6 nitrogen and oxygen atoms in total. The van der Waals surface area contributed by atoms with Crippen molar-refractivity contribution in [2.75, 3.05) is 50.1 Å². The summed E-state index contributed by atoms with van der Waals surface area (Å²) in [5.41, 5.74) is 1.32. The van der Waals surface area contributed by atoms with Gasteiger partial charge >= 0.3 is 0 Å². The average Bonchev–Trinajstić information content (AvgIpc) is 2.56. The van der Waals surface area contributed by atoms with Crippen molar-refractivity contribution in [3.8, 4) is 0 Å². The summed E-state index contributed by atoms with van der Waals surface area (Å²) in [4.78, 5) is 19.6. The molecule has 0 unspecified atom stereocenters. The van der Waals surface area contributed by atoms with E-state index < -0.39 is 0 Å². The summed E-state index contributed by atoms with van der Waals surface area (Å²) in [6, 6.07) is 6.22. The molecule has 0 amide bonds. The van der Waals surface area contributed by atoms with Crippen LogP contribution in [0, 0.1) is 0 Å². The molecule has 0 saturated carbocycles. The maximum absolute atomic E-state index is 4.42. The molecule has 0 atom stereocenters. The van der Waals surface area contributed by atoms with Gasteiger partial charge in [0.2, 0.25) is 0 Å². The Kier molecular flexibility index (Phi) is 4.48.